The van der Waals surface area contributed by atoms with Gasteiger partial charge in [0.15, 0.2) is 5.78 Å². The van der Waals surface area contributed by atoms with Gasteiger partial charge in [-0.25, -0.2) is 4.90 Å². The predicted molar refractivity (Wildman–Crippen MR) is 141 cm³/mol. The molecule has 5 heteroatoms. The van der Waals surface area contributed by atoms with Gasteiger partial charge >= 0.3 is 0 Å². The molecule has 0 N–H and O–H groups in total. The molecule has 2 fully saturated rings. The Hall–Kier alpha value is -3.50. The van der Waals surface area contributed by atoms with E-state index in [-0.39, 0.29) is 17.6 Å². The summed E-state index contributed by atoms with van der Waals surface area (Å²) in [6.07, 6.45) is 0.870. The Bertz CT molecular complexity index is 1360. The lowest BCUT2D eigenvalue weighted by Crippen LogP contribution is -2.42. The third-order valence-electron chi connectivity index (χ3n) is 8.65. The van der Waals surface area contributed by atoms with Crippen LogP contribution in [-0.4, -0.2) is 17.6 Å². The van der Waals surface area contributed by atoms with Crippen molar-refractivity contribution in [1.82, 2.24) is 0 Å². The SMILES string of the molecule is CC[C@]12C(=O)[C@](CC)(C(c3ccccc3)=C1c1ccccc1)[C@H]1C(=O)N(c3ccccc3Cl)C(=O)[C@@H]12. The molecule has 0 unspecified atom stereocenters. The fourth-order valence-corrected chi connectivity index (χ4v) is 7.55. The number of rotatable bonds is 5. The molecule has 1 saturated carbocycles. The van der Waals surface area contributed by atoms with E-state index in [2.05, 4.69) is 0 Å². The summed E-state index contributed by atoms with van der Waals surface area (Å²) in [5, 5.41) is 0.341. The predicted octanol–water partition coefficient (Wildman–Crippen LogP) is 6.45. The number of ketones is 1. The van der Waals surface area contributed by atoms with Gasteiger partial charge in [-0.2, -0.15) is 0 Å². The molecule has 4 atom stereocenters. The number of para-hydroxylation sites is 1. The number of amides is 2. The van der Waals surface area contributed by atoms with E-state index < -0.39 is 22.7 Å². The molecule has 3 aromatic carbocycles. The average Bonchev–Trinajstić information content (AvgIpc) is 3.41. The van der Waals surface area contributed by atoms with Gasteiger partial charge in [-0.15, -0.1) is 0 Å². The number of allylic oxidation sites excluding steroid dienone is 2. The first-order chi connectivity index (χ1) is 17.4. The highest BCUT2D eigenvalue weighted by atomic mass is 35.5. The number of hydrogen-bond donors (Lipinski definition) is 0. The molecule has 4 nitrogen and oxygen atoms in total. The molecule has 0 radical (unpaired) electrons. The van der Waals surface area contributed by atoms with Crippen LogP contribution in [0.2, 0.25) is 5.02 Å². The van der Waals surface area contributed by atoms with Gasteiger partial charge in [-0.05, 0) is 47.2 Å². The number of carbonyl (C=O) groups is 3. The summed E-state index contributed by atoms with van der Waals surface area (Å²) < 4.78 is 0. The topological polar surface area (TPSA) is 54.5 Å². The van der Waals surface area contributed by atoms with Crippen LogP contribution in [0.25, 0.3) is 11.1 Å². The Morgan fingerprint density at radius 3 is 1.50 bits per heavy atom. The van der Waals surface area contributed by atoms with Crippen LogP contribution in [-0.2, 0) is 14.4 Å². The van der Waals surface area contributed by atoms with Gasteiger partial charge in [0, 0.05) is 0 Å². The fourth-order valence-electron chi connectivity index (χ4n) is 7.33. The largest absolute Gasteiger partial charge is 0.298 e. The molecule has 1 saturated heterocycles. The quantitative estimate of drug-likeness (QED) is 0.382. The van der Waals surface area contributed by atoms with Crippen LogP contribution in [0.3, 0.4) is 0 Å². The summed E-state index contributed by atoms with van der Waals surface area (Å²) in [6.45, 7) is 3.93. The number of Topliss-reactive ketones (excluding diaryl/α,β-unsaturated/α-hetero) is 1. The van der Waals surface area contributed by atoms with Crippen molar-refractivity contribution in [3.8, 4) is 0 Å². The van der Waals surface area contributed by atoms with E-state index in [0.717, 1.165) is 22.3 Å². The second-order valence-electron chi connectivity index (χ2n) is 9.88. The van der Waals surface area contributed by atoms with Crippen molar-refractivity contribution in [3.63, 3.8) is 0 Å². The van der Waals surface area contributed by atoms with Gasteiger partial charge in [0.2, 0.25) is 11.8 Å². The van der Waals surface area contributed by atoms with Crippen LogP contribution in [0.5, 0.6) is 0 Å². The molecule has 180 valence electrons. The summed E-state index contributed by atoms with van der Waals surface area (Å²) in [5.74, 6) is -2.18. The van der Waals surface area contributed by atoms with Gasteiger partial charge in [0.05, 0.1) is 33.4 Å². The zero-order valence-electron chi connectivity index (χ0n) is 20.2. The van der Waals surface area contributed by atoms with E-state index in [9.17, 15) is 14.4 Å². The Balaban J connectivity index is 1.69. The van der Waals surface area contributed by atoms with Crippen molar-refractivity contribution in [1.29, 1.82) is 0 Å². The van der Waals surface area contributed by atoms with Crippen LogP contribution in [0.4, 0.5) is 5.69 Å². The Kier molecular flexibility index (Phi) is 5.10. The van der Waals surface area contributed by atoms with Gasteiger partial charge in [0.25, 0.3) is 0 Å². The minimum Gasteiger partial charge on any atom is -0.298 e. The number of anilines is 1. The molecule has 3 aromatic rings. The van der Waals surface area contributed by atoms with E-state index in [1.807, 2.05) is 74.5 Å². The molecule has 6 rings (SSSR count). The summed E-state index contributed by atoms with van der Waals surface area (Å²) >= 11 is 6.47. The lowest BCUT2D eigenvalue weighted by molar-refractivity contribution is -0.134. The smallest absolute Gasteiger partial charge is 0.239 e. The van der Waals surface area contributed by atoms with Crippen molar-refractivity contribution in [2.75, 3.05) is 4.90 Å². The Labute approximate surface area is 215 Å². The van der Waals surface area contributed by atoms with Crippen molar-refractivity contribution >= 4 is 46.0 Å². The molecule has 2 amide bonds. The van der Waals surface area contributed by atoms with Crippen LogP contribution >= 0.6 is 11.6 Å². The highest BCUT2D eigenvalue weighted by molar-refractivity contribution is 6.38. The Morgan fingerprint density at radius 2 is 1.08 bits per heavy atom. The monoisotopic (exact) mass is 495 g/mol. The fraction of sp³-hybridized carbons (Fsp3) is 0.258. The van der Waals surface area contributed by atoms with Crippen molar-refractivity contribution < 1.29 is 14.4 Å². The van der Waals surface area contributed by atoms with Crippen LogP contribution in [0, 0.1) is 22.7 Å². The van der Waals surface area contributed by atoms with E-state index in [1.54, 1.807) is 24.3 Å². The minimum atomic E-state index is -1.09. The summed E-state index contributed by atoms with van der Waals surface area (Å²) in [6, 6.07) is 26.7. The molecule has 0 aromatic heterocycles. The first kappa shape index (κ1) is 22.9. The molecule has 1 heterocycles. The van der Waals surface area contributed by atoms with Crippen molar-refractivity contribution in [3.05, 3.63) is 101 Å². The van der Waals surface area contributed by atoms with Gasteiger partial charge in [0.1, 0.15) is 0 Å². The molecule has 2 aliphatic carbocycles. The van der Waals surface area contributed by atoms with E-state index >= 15 is 0 Å². The first-order valence-corrected chi connectivity index (χ1v) is 12.9. The second kappa shape index (κ2) is 8.01. The number of halogens is 1. The zero-order chi connectivity index (χ0) is 25.2. The summed E-state index contributed by atoms with van der Waals surface area (Å²) in [4.78, 5) is 44.3. The van der Waals surface area contributed by atoms with Crippen molar-refractivity contribution in [2.45, 2.75) is 26.7 Å². The lowest BCUT2D eigenvalue weighted by Gasteiger charge is -2.38. The number of hydrogen-bond acceptors (Lipinski definition) is 3. The van der Waals surface area contributed by atoms with Gasteiger partial charge < -0.3 is 0 Å². The zero-order valence-corrected chi connectivity index (χ0v) is 21.0. The third kappa shape index (κ3) is 2.58. The van der Waals surface area contributed by atoms with Crippen LogP contribution < -0.4 is 4.90 Å². The van der Waals surface area contributed by atoms with Gasteiger partial charge in [-0.3, -0.25) is 14.4 Å². The molecule has 1 aliphatic heterocycles. The second-order valence-corrected chi connectivity index (χ2v) is 10.3. The van der Waals surface area contributed by atoms with E-state index in [0.29, 0.717) is 23.6 Å². The number of nitrogens with zero attached hydrogens (tertiary/aromatic N) is 1. The summed E-state index contributed by atoms with van der Waals surface area (Å²) in [7, 11) is 0. The normalized spacial score (nSPS) is 28.9. The minimum absolute atomic E-state index is 0.00761. The highest BCUT2D eigenvalue weighted by Gasteiger charge is 2.80. The van der Waals surface area contributed by atoms with Crippen LogP contribution in [0.15, 0.2) is 84.9 Å². The standard InChI is InChI=1S/C31H26ClNO3/c1-3-30-23(19-13-7-5-8-14-19)24(20-15-9-6-10-16-20)31(4-2,29(30)36)26-25(30)27(34)33(28(26)35)22-18-12-11-17-21(22)32/h5-18,25-26H,3-4H2,1-2H3/t25-,26-,30-,31+/m1/s1. The average molecular weight is 496 g/mol. The maximum atomic E-state index is 14.7. The van der Waals surface area contributed by atoms with E-state index in [4.69, 9.17) is 11.6 Å². The van der Waals surface area contributed by atoms with Crippen molar-refractivity contribution in [2.24, 2.45) is 22.7 Å². The number of carbonyl (C=O) groups excluding carboxylic acids is 3. The molecule has 0 spiro atoms. The number of fused-ring (bicyclic) bond motifs is 5. The van der Waals surface area contributed by atoms with Crippen LogP contribution in [0.1, 0.15) is 37.8 Å². The molecule has 2 bridgehead atoms. The number of imide groups is 1. The number of benzene rings is 3. The molecular weight excluding hydrogens is 470 g/mol. The third-order valence-corrected chi connectivity index (χ3v) is 8.97. The maximum absolute atomic E-state index is 14.7. The first-order valence-electron chi connectivity index (χ1n) is 12.5. The molecule has 3 aliphatic rings. The lowest BCUT2D eigenvalue weighted by atomic mass is 9.60. The molecular formula is C31H26ClNO3. The van der Waals surface area contributed by atoms with Gasteiger partial charge in [-0.1, -0.05) is 98.2 Å². The molecule has 36 heavy (non-hydrogen) atoms. The Morgan fingerprint density at radius 1 is 0.667 bits per heavy atom. The summed E-state index contributed by atoms with van der Waals surface area (Å²) in [5.41, 5.74) is 1.86. The maximum Gasteiger partial charge on any atom is 0.239 e. The van der Waals surface area contributed by atoms with E-state index in [1.165, 1.54) is 4.90 Å². The highest BCUT2D eigenvalue weighted by Crippen LogP contribution is 2.75.